The van der Waals surface area contributed by atoms with Gasteiger partial charge in [0.15, 0.2) is 0 Å². The first-order valence-corrected chi connectivity index (χ1v) is 7.14. The SMILES string of the molecule is CCCn1c(N)c(NCC(C)(C)N(C)C)c(=O)n(C)c1=O. The lowest BCUT2D eigenvalue weighted by Gasteiger charge is -2.33. The summed E-state index contributed by atoms with van der Waals surface area (Å²) < 4.78 is 2.53. The normalized spacial score (nSPS) is 12.0. The number of likely N-dealkylation sites (N-methyl/N-ethyl adjacent to an activating group) is 1. The maximum atomic E-state index is 12.2. The molecule has 0 aliphatic carbocycles. The van der Waals surface area contributed by atoms with Gasteiger partial charge in [-0.25, -0.2) is 4.79 Å². The zero-order chi connectivity index (χ0) is 16.4. The van der Waals surface area contributed by atoms with Crippen LogP contribution in [0.5, 0.6) is 0 Å². The first-order chi connectivity index (χ1) is 9.63. The van der Waals surface area contributed by atoms with Crippen molar-refractivity contribution in [3.8, 4) is 0 Å². The molecular formula is C14H27N5O2. The Hall–Kier alpha value is -1.76. The average molecular weight is 297 g/mol. The molecule has 7 nitrogen and oxygen atoms in total. The van der Waals surface area contributed by atoms with Gasteiger partial charge in [-0.1, -0.05) is 6.92 Å². The van der Waals surface area contributed by atoms with Crippen LogP contribution in [0.3, 0.4) is 0 Å². The molecule has 3 N–H and O–H groups in total. The lowest BCUT2D eigenvalue weighted by Crippen LogP contribution is -2.46. The summed E-state index contributed by atoms with van der Waals surface area (Å²) in [5, 5.41) is 3.11. The van der Waals surface area contributed by atoms with Gasteiger partial charge >= 0.3 is 5.69 Å². The van der Waals surface area contributed by atoms with Crippen LogP contribution in [0.25, 0.3) is 0 Å². The quantitative estimate of drug-likeness (QED) is 0.788. The molecule has 0 saturated heterocycles. The van der Waals surface area contributed by atoms with Crippen LogP contribution in [0.15, 0.2) is 9.59 Å². The molecule has 0 fully saturated rings. The summed E-state index contributed by atoms with van der Waals surface area (Å²) in [5.41, 5.74) is 5.39. The number of rotatable bonds is 6. The highest BCUT2D eigenvalue weighted by Gasteiger charge is 2.22. The number of anilines is 2. The second kappa shape index (κ2) is 6.34. The van der Waals surface area contributed by atoms with E-state index in [1.165, 1.54) is 11.6 Å². The number of hydrogen-bond acceptors (Lipinski definition) is 5. The summed E-state index contributed by atoms with van der Waals surface area (Å²) >= 11 is 0. The molecule has 0 aliphatic rings. The van der Waals surface area contributed by atoms with Gasteiger partial charge in [-0.3, -0.25) is 13.9 Å². The molecule has 0 radical (unpaired) electrons. The predicted octanol–water partition coefficient (Wildman–Crippen LogP) is 0.291. The Balaban J connectivity index is 3.25. The van der Waals surface area contributed by atoms with E-state index in [4.69, 9.17) is 5.73 Å². The molecule has 0 bridgehead atoms. The van der Waals surface area contributed by atoms with E-state index in [9.17, 15) is 9.59 Å². The van der Waals surface area contributed by atoms with Crippen LogP contribution >= 0.6 is 0 Å². The highest BCUT2D eigenvalue weighted by molar-refractivity contribution is 5.60. The number of hydrogen-bond donors (Lipinski definition) is 2. The van der Waals surface area contributed by atoms with Crippen LogP contribution in [-0.4, -0.2) is 40.2 Å². The zero-order valence-corrected chi connectivity index (χ0v) is 13.9. The van der Waals surface area contributed by atoms with Gasteiger partial charge in [0.05, 0.1) is 0 Å². The van der Waals surface area contributed by atoms with Crippen molar-refractivity contribution in [3.05, 3.63) is 20.8 Å². The highest BCUT2D eigenvalue weighted by Crippen LogP contribution is 2.15. The number of nitrogens with zero attached hydrogens (tertiary/aromatic N) is 3. The molecule has 1 rings (SSSR count). The second-order valence-electron chi connectivity index (χ2n) is 6.12. The third-order valence-corrected chi connectivity index (χ3v) is 3.94. The van der Waals surface area contributed by atoms with Crippen molar-refractivity contribution in [3.63, 3.8) is 0 Å². The van der Waals surface area contributed by atoms with E-state index < -0.39 is 0 Å². The summed E-state index contributed by atoms with van der Waals surface area (Å²) in [6.07, 6.45) is 0.769. The fourth-order valence-electron chi connectivity index (χ4n) is 1.85. The van der Waals surface area contributed by atoms with Crippen molar-refractivity contribution in [1.29, 1.82) is 0 Å². The standard InChI is InChI=1S/C14H27N5O2/c1-7-8-19-11(15)10(12(20)18(6)13(19)21)16-9-14(2,3)17(4)5/h16H,7-9,15H2,1-6H3. The van der Waals surface area contributed by atoms with Gasteiger partial charge in [-0.05, 0) is 34.4 Å². The minimum absolute atomic E-state index is 0.150. The van der Waals surface area contributed by atoms with Gasteiger partial charge in [-0.15, -0.1) is 0 Å². The monoisotopic (exact) mass is 297 g/mol. The van der Waals surface area contributed by atoms with E-state index in [0.29, 0.717) is 18.8 Å². The number of nitrogens with one attached hydrogen (secondary N) is 1. The molecule has 0 amide bonds. The van der Waals surface area contributed by atoms with Gasteiger partial charge < -0.3 is 16.0 Å². The zero-order valence-electron chi connectivity index (χ0n) is 13.9. The molecular weight excluding hydrogens is 270 g/mol. The third kappa shape index (κ3) is 3.47. The number of aromatic nitrogens is 2. The van der Waals surface area contributed by atoms with E-state index >= 15 is 0 Å². The molecule has 0 spiro atoms. The number of nitrogen functional groups attached to an aromatic ring is 1. The maximum Gasteiger partial charge on any atom is 0.332 e. The minimum atomic E-state index is -0.389. The molecule has 1 aromatic rings. The lowest BCUT2D eigenvalue weighted by molar-refractivity contribution is 0.210. The average Bonchev–Trinajstić information content (AvgIpc) is 2.41. The molecule has 7 heteroatoms. The Bertz CT molecular complexity index is 613. The van der Waals surface area contributed by atoms with Crippen molar-refractivity contribution >= 4 is 11.5 Å². The van der Waals surface area contributed by atoms with E-state index in [1.807, 2.05) is 21.0 Å². The first kappa shape index (κ1) is 17.3. The smallest absolute Gasteiger partial charge is 0.332 e. The summed E-state index contributed by atoms with van der Waals surface area (Å²) in [4.78, 5) is 26.4. The molecule has 1 aromatic heterocycles. The van der Waals surface area contributed by atoms with E-state index in [-0.39, 0.29) is 22.6 Å². The van der Waals surface area contributed by atoms with Crippen molar-refractivity contribution in [2.75, 3.05) is 31.7 Å². The summed E-state index contributed by atoms with van der Waals surface area (Å²) in [6, 6.07) is 0. The molecule has 1 heterocycles. The maximum absolute atomic E-state index is 12.2. The molecule has 0 aliphatic heterocycles. The van der Waals surface area contributed by atoms with Gasteiger partial charge in [0, 0.05) is 25.7 Å². The van der Waals surface area contributed by atoms with Gasteiger partial charge in [-0.2, -0.15) is 0 Å². The minimum Gasteiger partial charge on any atom is -0.383 e. The Morgan fingerprint density at radius 1 is 1.29 bits per heavy atom. The first-order valence-electron chi connectivity index (χ1n) is 7.14. The molecule has 0 saturated carbocycles. The van der Waals surface area contributed by atoms with Gasteiger partial charge in [0.25, 0.3) is 5.56 Å². The Morgan fingerprint density at radius 3 is 2.33 bits per heavy atom. The van der Waals surface area contributed by atoms with Crippen molar-refractivity contribution in [2.45, 2.75) is 39.3 Å². The molecule has 0 unspecified atom stereocenters. The van der Waals surface area contributed by atoms with Gasteiger partial charge in [0.1, 0.15) is 11.5 Å². The Morgan fingerprint density at radius 2 is 1.86 bits per heavy atom. The van der Waals surface area contributed by atoms with Crippen LogP contribution in [0, 0.1) is 0 Å². The second-order valence-corrected chi connectivity index (χ2v) is 6.12. The fourth-order valence-corrected chi connectivity index (χ4v) is 1.85. The van der Waals surface area contributed by atoms with Gasteiger partial charge in [0.2, 0.25) is 0 Å². The fraction of sp³-hybridized carbons (Fsp3) is 0.714. The topological polar surface area (TPSA) is 85.3 Å². The molecule has 120 valence electrons. The van der Waals surface area contributed by atoms with Crippen LogP contribution in [-0.2, 0) is 13.6 Å². The van der Waals surface area contributed by atoms with E-state index in [0.717, 1.165) is 11.0 Å². The van der Waals surface area contributed by atoms with Crippen LogP contribution in [0.4, 0.5) is 11.5 Å². The summed E-state index contributed by atoms with van der Waals surface area (Å²) in [7, 11) is 5.42. The Labute approximate surface area is 125 Å². The van der Waals surface area contributed by atoms with E-state index in [2.05, 4.69) is 24.1 Å². The predicted molar refractivity (Wildman–Crippen MR) is 86.9 cm³/mol. The van der Waals surface area contributed by atoms with Crippen molar-refractivity contribution in [2.24, 2.45) is 7.05 Å². The molecule has 0 atom stereocenters. The van der Waals surface area contributed by atoms with Crippen LogP contribution in [0.1, 0.15) is 27.2 Å². The molecule has 21 heavy (non-hydrogen) atoms. The molecule has 0 aromatic carbocycles. The van der Waals surface area contributed by atoms with Crippen LogP contribution < -0.4 is 22.3 Å². The summed E-state index contributed by atoms with van der Waals surface area (Å²) in [6.45, 7) is 7.11. The summed E-state index contributed by atoms with van der Waals surface area (Å²) in [5.74, 6) is 0.208. The third-order valence-electron chi connectivity index (χ3n) is 3.94. The van der Waals surface area contributed by atoms with Crippen molar-refractivity contribution in [1.82, 2.24) is 14.0 Å². The van der Waals surface area contributed by atoms with Crippen molar-refractivity contribution < 1.29 is 0 Å². The highest BCUT2D eigenvalue weighted by atomic mass is 16.2. The lowest BCUT2D eigenvalue weighted by atomic mass is 10.0. The van der Waals surface area contributed by atoms with Crippen LogP contribution in [0.2, 0.25) is 0 Å². The largest absolute Gasteiger partial charge is 0.383 e. The van der Waals surface area contributed by atoms with E-state index in [1.54, 1.807) is 0 Å². The number of nitrogens with two attached hydrogens (primary N) is 1. The Kier molecular flexibility index (Phi) is 5.22.